The van der Waals surface area contributed by atoms with Gasteiger partial charge in [-0.2, -0.15) is 0 Å². The highest BCUT2D eigenvalue weighted by Gasteiger charge is 2.09. The lowest BCUT2D eigenvalue weighted by Crippen LogP contribution is -2.15. The molecule has 2 rings (SSSR count). The first-order valence-electron chi connectivity index (χ1n) is 5.43. The van der Waals surface area contributed by atoms with E-state index in [1.54, 1.807) is 18.5 Å². The summed E-state index contributed by atoms with van der Waals surface area (Å²) in [4.78, 5) is 4.18. The molecule has 5 nitrogen and oxygen atoms in total. The molecule has 17 heavy (non-hydrogen) atoms. The summed E-state index contributed by atoms with van der Waals surface area (Å²) in [5, 5.41) is 0. The number of nitrogens with one attached hydrogen (secondary N) is 1. The van der Waals surface area contributed by atoms with Crippen LogP contribution in [0.3, 0.4) is 0 Å². The predicted octanol–water partition coefficient (Wildman–Crippen LogP) is 1.73. The molecule has 0 bridgehead atoms. The normalized spacial score (nSPS) is 11.9. The Morgan fingerprint density at radius 2 is 2.18 bits per heavy atom. The van der Waals surface area contributed by atoms with Gasteiger partial charge in [0.15, 0.2) is 0 Å². The predicted molar refractivity (Wildman–Crippen MR) is 68.4 cm³/mol. The van der Waals surface area contributed by atoms with Crippen LogP contribution in [0, 0.1) is 0 Å². The first-order valence-corrected chi connectivity index (χ1v) is 7.08. The van der Waals surface area contributed by atoms with Gasteiger partial charge in [0, 0.05) is 7.05 Å². The summed E-state index contributed by atoms with van der Waals surface area (Å²) in [5.41, 5.74) is 2.32. The number of rotatable bonds is 4. The molecule has 0 radical (unpaired) electrons. The number of imidazole rings is 1. The van der Waals surface area contributed by atoms with Crippen molar-refractivity contribution < 1.29 is 8.42 Å². The fourth-order valence-corrected chi connectivity index (χ4v) is 2.82. The molecule has 0 aliphatic carbocycles. The van der Waals surface area contributed by atoms with Crippen LogP contribution < -0.4 is 4.72 Å². The summed E-state index contributed by atoms with van der Waals surface area (Å²) in [6, 6.07) is 5.34. The van der Waals surface area contributed by atoms with Gasteiger partial charge in [0.1, 0.15) is 0 Å². The topological polar surface area (TPSA) is 64.0 Å². The molecule has 0 amide bonds. The van der Waals surface area contributed by atoms with Gasteiger partial charge in [0.05, 0.1) is 28.8 Å². The molecule has 1 aromatic heterocycles. The van der Waals surface area contributed by atoms with Gasteiger partial charge in [-0.3, -0.25) is 4.72 Å². The maximum atomic E-state index is 11.6. The van der Waals surface area contributed by atoms with Crippen molar-refractivity contribution in [2.24, 2.45) is 7.05 Å². The lowest BCUT2D eigenvalue weighted by atomic mass is 10.3. The van der Waals surface area contributed by atoms with Gasteiger partial charge >= 0.3 is 0 Å². The van der Waals surface area contributed by atoms with Gasteiger partial charge in [-0.25, -0.2) is 13.4 Å². The van der Waals surface area contributed by atoms with Crippen LogP contribution >= 0.6 is 0 Å². The average molecular weight is 253 g/mol. The molecule has 0 spiro atoms. The third-order valence-corrected chi connectivity index (χ3v) is 3.96. The van der Waals surface area contributed by atoms with Crippen molar-refractivity contribution in [3.63, 3.8) is 0 Å². The monoisotopic (exact) mass is 253 g/mol. The molecule has 0 atom stereocenters. The third-order valence-electron chi connectivity index (χ3n) is 2.47. The summed E-state index contributed by atoms with van der Waals surface area (Å²) >= 11 is 0. The summed E-state index contributed by atoms with van der Waals surface area (Å²) in [6.07, 6.45) is 2.30. The molecule has 0 saturated heterocycles. The molecular formula is C11H15N3O2S. The SMILES string of the molecule is CCCS(=O)(=O)Nc1ccc2c(c1)ncn2C. The van der Waals surface area contributed by atoms with Gasteiger partial charge in [-0.1, -0.05) is 6.92 Å². The molecule has 2 aromatic rings. The molecule has 0 aliphatic rings. The maximum Gasteiger partial charge on any atom is 0.232 e. The van der Waals surface area contributed by atoms with Crippen molar-refractivity contribution in [3.05, 3.63) is 24.5 Å². The van der Waals surface area contributed by atoms with Gasteiger partial charge in [0.2, 0.25) is 10.0 Å². The van der Waals surface area contributed by atoms with E-state index >= 15 is 0 Å². The molecule has 1 aromatic carbocycles. The number of anilines is 1. The molecule has 0 unspecified atom stereocenters. The number of hydrogen-bond acceptors (Lipinski definition) is 3. The molecule has 1 N–H and O–H groups in total. The van der Waals surface area contributed by atoms with Crippen LogP contribution in [0.4, 0.5) is 5.69 Å². The Balaban J connectivity index is 2.31. The summed E-state index contributed by atoms with van der Waals surface area (Å²) < 4.78 is 27.6. The standard InChI is InChI=1S/C11H15N3O2S/c1-3-6-17(15,16)13-9-4-5-11-10(7-9)12-8-14(11)2/h4-5,7-8,13H,3,6H2,1-2H3. The second kappa shape index (κ2) is 4.37. The zero-order valence-electron chi connectivity index (χ0n) is 9.84. The minimum Gasteiger partial charge on any atom is -0.334 e. The summed E-state index contributed by atoms with van der Waals surface area (Å²) in [7, 11) is -1.33. The second-order valence-electron chi connectivity index (χ2n) is 3.98. The number of aryl methyl sites for hydroxylation is 1. The maximum absolute atomic E-state index is 11.6. The first-order chi connectivity index (χ1) is 8.02. The van der Waals surface area contributed by atoms with Gasteiger partial charge < -0.3 is 4.57 Å². The van der Waals surface area contributed by atoms with Gasteiger partial charge in [-0.15, -0.1) is 0 Å². The van der Waals surface area contributed by atoms with Crippen molar-refractivity contribution in [2.75, 3.05) is 10.5 Å². The second-order valence-corrected chi connectivity index (χ2v) is 5.82. The third kappa shape index (κ3) is 2.58. The number of hydrogen-bond donors (Lipinski definition) is 1. The first kappa shape index (κ1) is 11.9. The Bertz CT molecular complexity index is 631. The molecular weight excluding hydrogens is 238 g/mol. The van der Waals surface area contributed by atoms with E-state index in [1.807, 2.05) is 24.6 Å². The zero-order valence-corrected chi connectivity index (χ0v) is 10.7. The quantitative estimate of drug-likeness (QED) is 0.902. The van der Waals surface area contributed by atoms with Crippen LogP contribution in [-0.4, -0.2) is 23.7 Å². The minimum atomic E-state index is -3.23. The van der Waals surface area contributed by atoms with Crippen LogP contribution in [0.25, 0.3) is 11.0 Å². The molecule has 6 heteroatoms. The molecule has 0 aliphatic heterocycles. The fraction of sp³-hybridized carbons (Fsp3) is 0.364. The van der Waals surface area contributed by atoms with E-state index in [0.29, 0.717) is 12.1 Å². The number of sulfonamides is 1. The van der Waals surface area contributed by atoms with Crippen LogP contribution in [-0.2, 0) is 17.1 Å². The minimum absolute atomic E-state index is 0.132. The van der Waals surface area contributed by atoms with E-state index < -0.39 is 10.0 Å². The Morgan fingerprint density at radius 1 is 1.41 bits per heavy atom. The highest BCUT2D eigenvalue weighted by Crippen LogP contribution is 2.18. The molecule has 0 saturated carbocycles. The van der Waals surface area contributed by atoms with Gasteiger partial charge in [0.25, 0.3) is 0 Å². The molecule has 92 valence electrons. The van der Waals surface area contributed by atoms with Crippen LogP contribution in [0.2, 0.25) is 0 Å². The number of fused-ring (bicyclic) bond motifs is 1. The van der Waals surface area contributed by atoms with E-state index in [1.165, 1.54) is 0 Å². The largest absolute Gasteiger partial charge is 0.334 e. The van der Waals surface area contributed by atoms with Crippen molar-refractivity contribution in [2.45, 2.75) is 13.3 Å². The lowest BCUT2D eigenvalue weighted by molar-refractivity contribution is 0.600. The fourth-order valence-electron chi connectivity index (χ4n) is 1.70. The molecule has 1 heterocycles. The number of aromatic nitrogens is 2. The Labute approximate surface area is 101 Å². The smallest absolute Gasteiger partial charge is 0.232 e. The van der Waals surface area contributed by atoms with Crippen LogP contribution in [0.15, 0.2) is 24.5 Å². The Morgan fingerprint density at radius 3 is 2.88 bits per heavy atom. The van der Waals surface area contributed by atoms with Crippen LogP contribution in [0.1, 0.15) is 13.3 Å². The van der Waals surface area contributed by atoms with Crippen molar-refractivity contribution in [1.29, 1.82) is 0 Å². The van der Waals surface area contributed by atoms with E-state index in [4.69, 9.17) is 0 Å². The van der Waals surface area contributed by atoms with E-state index in [9.17, 15) is 8.42 Å². The highest BCUT2D eigenvalue weighted by atomic mass is 32.2. The Hall–Kier alpha value is -1.56. The number of benzene rings is 1. The van der Waals surface area contributed by atoms with Crippen LogP contribution in [0.5, 0.6) is 0 Å². The highest BCUT2D eigenvalue weighted by molar-refractivity contribution is 7.92. The van der Waals surface area contributed by atoms with Crippen molar-refractivity contribution >= 4 is 26.7 Å². The molecule has 0 fully saturated rings. The van der Waals surface area contributed by atoms with Gasteiger partial charge in [-0.05, 0) is 24.6 Å². The lowest BCUT2D eigenvalue weighted by Gasteiger charge is -2.06. The summed E-state index contributed by atoms with van der Waals surface area (Å²) in [5.74, 6) is 0.132. The average Bonchev–Trinajstić information content (AvgIpc) is 2.59. The van der Waals surface area contributed by atoms with Crippen molar-refractivity contribution in [3.8, 4) is 0 Å². The van der Waals surface area contributed by atoms with E-state index in [2.05, 4.69) is 9.71 Å². The Kier molecular flexibility index (Phi) is 3.06. The summed E-state index contributed by atoms with van der Waals surface area (Å²) in [6.45, 7) is 1.83. The van der Waals surface area contributed by atoms with E-state index in [0.717, 1.165) is 11.0 Å². The van der Waals surface area contributed by atoms with Crippen molar-refractivity contribution in [1.82, 2.24) is 9.55 Å². The number of nitrogens with zero attached hydrogens (tertiary/aromatic N) is 2. The zero-order chi connectivity index (χ0) is 12.5. The van der Waals surface area contributed by atoms with E-state index in [-0.39, 0.29) is 5.75 Å².